The van der Waals surface area contributed by atoms with Crippen molar-refractivity contribution in [3.63, 3.8) is 0 Å². The summed E-state index contributed by atoms with van der Waals surface area (Å²) < 4.78 is 28.6. The number of halogens is 2. The van der Waals surface area contributed by atoms with Crippen LogP contribution in [0.2, 0.25) is 0 Å². The fourth-order valence-electron chi connectivity index (χ4n) is 3.35. The molecule has 3 aromatic rings. The first-order valence-corrected chi connectivity index (χ1v) is 8.57. The average Bonchev–Trinajstić information content (AvgIpc) is 3.04. The van der Waals surface area contributed by atoms with Gasteiger partial charge in [0, 0.05) is 32.2 Å². The van der Waals surface area contributed by atoms with Gasteiger partial charge < -0.3 is 14.8 Å². The number of benzene rings is 2. The average molecular weight is 342 g/mol. The second-order valence-electron chi connectivity index (χ2n) is 6.31. The highest BCUT2D eigenvalue weighted by molar-refractivity contribution is 5.83. The van der Waals surface area contributed by atoms with Crippen LogP contribution in [0.4, 0.5) is 14.5 Å². The molecule has 0 amide bonds. The summed E-state index contributed by atoms with van der Waals surface area (Å²) in [4.78, 5) is 11.9. The number of fused-ring (bicyclic) bond motifs is 1. The maximum absolute atomic E-state index is 14.6. The summed E-state index contributed by atoms with van der Waals surface area (Å²) in [6.07, 6.45) is 0. The van der Waals surface area contributed by atoms with Gasteiger partial charge in [0.25, 0.3) is 0 Å². The Hall–Kier alpha value is -2.47. The molecule has 2 heterocycles. The van der Waals surface area contributed by atoms with Crippen molar-refractivity contribution in [1.82, 2.24) is 14.9 Å². The summed E-state index contributed by atoms with van der Waals surface area (Å²) in [6.45, 7) is 6.59. The minimum atomic E-state index is -0.349. The number of rotatable bonds is 3. The predicted octanol–water partition coefficient (Wildman–Crippen LogP) is 3.65. The molecule has 2 aromatic carbocycles. The lowest BCUT2D eigenvalue weighted by Crippen LogP contribution is -2.46. The molecular formula is C19H20F2N4. The van der Waals surface area contributed by atoms with E-state index in [1.807, 2.05) is 0 Å². The molecule has 1 aromatic heterocycles. The summed E-state index contributed by atoms with van der Waals surface area (Å²) >= 11 is 0. The smallest absolute Gasteiger partial charge is 0.148 e. The molecule has 1 fully saturated rings. The molecule has 6 heteroatoms. The third kappa shape index (κ3) is 2.98. The molecule has 4 rings (SSSR count). The molecule has 0 bridgehead atoms. The third-order valence-electron chi connectivity index (χ3n) is 4.84. The first kappa shape index (κ1) is 16.0. The Morgan fingerprint density at radius 3 is 2.52 bits per heavy atom. The number of H-pyrrole nitrogens is 1. The highest BCUT2D eigenvalue weighted by Gasteiger charge is 2.20. The van der Waals surface area contributed by atoms with E-state index in [1.54, 1.807) is 24.3 Å². The molecule has 0 saturated carbocycles. The van der Waals surface area contributed by atoms with Crippen LogP contribution < -0.4 is 4.90 Å². The van der Waals surface area contributed by atoms with Crippen molar-refractivity contribution in [2.24, 2.45) is 0 Å². The first-order valence-electron chi connectivity index (χ1n) is 8.57. The number of piperazine rings is 1. The normalized spacial score (nSPS) is 15.9. The Balaban J connectivity index is 1.69. The highest BCUT2D eigenvalue weighted by atomic mass is 19.1. The number of hydrogen-bond acceptors (Lipinski definition) is 3. The lowest BCUT2D eigenvalue weighted by Gasteiger charge is -2.35. The largest absolute Gasteiger partial charge is 0.367 e. The number of anilines is 1. The molecule has 0 atom stereocenters. The topological polar surface area (TPSA) is 35.2 Å². The zero-order chi connectivity index (χ0) is 17.4. The zero-order valence-corrected chi connectivity index (χ0v) is 14.1. The van der Waals surface area contributed by atoms with Gasteiger partial charge in [0.2, 0.25) is 0 Å². The number of likely N-dealkylation sites (N-methyl/N-ethyl adjacent to an activating group) is 1. The van der Waals surface area contributed by atoms with E-state index in [0.29, 0.717) is 28.1 Å². The quantitative estimate of drug-likeness (QED) is 0.789. The second kappa shape index (κ2) is 6.44. The first-order chi connectivity index (χ1) is 12.2. The van der Waals surface area contributed by atoms with Gasteiger partial charge in [-0.2, -0.15) is 0 Å². The van der Waals surface area contributed by atoms with Crippen LogP contribution in [0.5, 0.6) is 0 Å². The maximum atomic E-state index is 14.6. The molecule has 0 spiro atoms. The summed E-state index contributed by atoms with van der Waals surface area (Å²) in [5, 5.41) is 0. The molecule has 4 nitrogen and oxygen atoms in total. The van der Waals surface area contributed by atoms with Gasteiger partial charge in [-0.25, -0.2) is 13.8 Å². The minimum Gasteiger partial charge on any atom is -0.367 e. The molecule has 0 unspecified atom stereocenters. The number of imidazole rings is 1. The Labute approximate surface area is 145 Å². The SMILES string of the molecule is CCN1CCN(c2cc3nc(-c4ccccc4F)[nH]c3cc2F)CC1. The molecule has 130 valence electrons. The lowest BCUT2D eigenvalue weighted by molar-refractivity contribution is 0.270. The monoisotopic (exact) mass is 342 g/mol. The van der Waals surface area contributed by atoms with Crippen LogP contribution in [0.15, 0.2) is 36.4 Å². The summed E-state index contributed by atoms with van der Waals surface area (Å²) in [7, 11) is 0. The predicted molar refractivity (Wildman–Crippen MR) is 95.8 cm³/mol. The maximum Gasteiger partial charge on any atom is 0.148 e. The van der Waals surface area contributed by atoms with E-state index < -0.39 is 0 Å². The Bertz CT molecular complexity index is 898. The van der Waals surface area contributed by atoms with Crippen LogP contribution in [0.3, 0.4) is 0 Å². The van der Waals surface area contributed by atoms with Crippen molar-refractivity contribution >= 4 is 16.7 Å². The molecular weight excluding hydrogens is 322 g/mol. The molecule has 1 saturated heterocycles. The van der Waals surface area contributed by atoms with E-state index in [9.17, 15) is 8.78 Å². The summed E-state index contributed by atoms with van der Waals surface area (Å²) in [6, 6.07) is 9.65. The number of nitrogens with one attached hydrogen (secondary N) is 1. The molecule has 1 N–H and O–H groups in total. The molecule has 1 aliphatic heterocycles. The van der Waals surface area contributed by atoms with Gasteiger partial charge in [0.05, 0.1) is 22.3 Å². The Morgan fingerprint density at radius 1 is 1.04 bits per heavy atom. The molecule has 1 aliphatic rings. The highest BCUT2D eigenvalue weighted by Crippen LogP contribution is 2.29. The van der Waals surface area contributed by atoms with Crippen molar-refractivity contribution in [3.8, 4) is 11.4 Å². The number of aromatic amines is 1. The van der Waals surface area contributed by atoms with Crippen LogP contribution in [0.25, 0.3) is 22.4 Å². The van der Waals surface area contributed by atoms with Crippen molar-refractivity contribution in [2.75, 3.05) is 37.6 Å². The Kier molecular flexibility index (Phi) is 4.13. The third-order valence-corrected chi connectivity index (χ3v) is 4.84. The van der Waals surface area contributed by atoms with Crippen molar-refractivity contribution in [1.29, 1.82) is 0 Å². The fourth-order valence-corrected chi connectivity index (χ4v) is 3.35. The van der Waals surface area contributed by atoms with Crippen LogP contribution in [0, 0.1) is 11.6 Å². The molecule has 0 radical (unpaired) electrons. The van der Waals surface area contributed by atoms with Gasteiger partial charge in [-0.3, -0.25) is 0 Å². The Morgan fingerprint density at radius 2 is 1.80 bits per heavy atom. The fraction of sp³-hybridized carbons (Fsp3) is 0.316. The van der Waals surface area contributed by atoms with Gasteiger partial charge in [-0.05, 0) is 24.7 Å². The summed E-state index contributed by atoms with van der Waals surface area (Å²) in [5.74, 6) is -0.209. The van der Waals surface area contributed by atoms with Crippen LogP contribution in [-0.2, 0) is 0 Å². The van der Waals surface area contributed by atoms with Crippen molar-refractivity contribution < 1.29 is 8.78 Å². The molecule has 25 heavy (non-hydrogen) atoms. The van der Waals surface area contributed by atoms with E-state index in [4.69, 9.17) is 0 Å². The van der Waals surface area contributed by atoms with Crippen LogP contribution >= 0.6 is 0 Å². The van der Waals surface area contributed by atoms with Crippen LogP contribution in [0.1, 0.15) is 6.92 Å². The van der Waals surface area contributed by atoms with Crippen LogP contribution in [-0.4, -0.2) is 47.6 Å². The standard InChI is InChI=1S/C19H20F2N4/c1-2-24-7-9-25(10-8-24)18-12-17-16(11-15(18)21)22-19(23-17)13-5-3-4-6-14(13)20/h3-6,11-12H,2,7-10H2,1H3,(H,22,23). The van der Waals surface area contributed by atoms with Gasteiger partial charge in [-0.1, -0.05) is 19.1 Å². The van der Waals surface area contributed by atoms with E-state index >= 15 is 0 Å². The second-order valence-corrected chi connectivity index (χ2v) is 6.31. The lowest BCUT2D eigenvalue weighted by atomic mass is 10.2. The number of aromatic nitrogens is 2. The van der Waals surface area contributed by atoms with Crippen molar-refractivity contribution in [3.05, 3.63) is 48.0 Å². The van der Waals surface area contributed by atoms with Crippen molar-refractivity contribution in [2.45, 2.75) is 6.92 Å². The van der Waals surface area contributed by atoms with E-state index in [0.717, 1.165) is 32.7 Å². The number of hydrogen-bond donors (Lipinski definition) is 1. The van der Waals surface area contributed by atoms with E-state index in [1.165, 1.54) is 12.1 Å². The van der Waals surface area contributed by atoms with E-state index in [-0.39, 0.29) is 11.6 Å². The van der Waals surface area contributed by atoms with Gasteiger partial charge in [-0.15, -0.1) is 0 Å². The van der Waals surface area contributed by atoms with Gasteiger partial charge in [0.15, 0.2) is 0 Å². The minimum absolute atomic E-state index is 0.277. The molecule has 0 aliphatic carbocycles. The number of nitrogens with zero attached hydrogens (tertiary/aromatic N) is 3. The van der Waals surface area contributed by atoms with Gasteiger partial charge in [0.1, 0.15) is 17.5 Å². The zero-order valence-electron chi connectivity index (χ0n) is 14.1. The van der Waals surface area contributed by atoms with E-state index in [2.05, 4.69) is 26.7 Å². The van der Waals surface area contributed by atoms with Gasteiger partial charge >= 0.3 is 0 Å². The summed E-state index contributed by atoms with van der Waals surface area (Å²) in [5.41, 5.74) is 2.17.